The van der Waals surface area contributed by atoms with Crippen molar-refractivity contribution in [3.8, 4) is 17.2 Å². The van der Waals surface area contributed by atoms with Gasteiger partial charge in [-0.25, -0.2) is 4.98 Å². The summed E-state index contributed by atoms with van der Waals surface area (Å²) in [5.74, 6) is -1.26. The predicted molar refractivity (Wildman–Crippen MR) is 133 cm³/mol. The number of aliphatic hydroxyl groups excluding tert-OH is 1. The van der Waals surface area contributed by atoms with Crippen molar-refractivity contribution >= 4 is 33.9 Å². The number of phenolic OH excluding ortho intramolecular Hbond substituents is 1. The molecule has 0 radical (unpaired) electrons. The van der Waals surface area contributed by atoms with Gasteiger partial charge < -0.3 is 19.7 Å². The summed E-state index contributed by atoms with van der Waals surface area (Å²) in [5.41, 5.74) is 0.756. The van der Waals surface area contributed by atoms with Gasteiger partial charge in [0, 0.05) is 17.1 Å². The second-order valence-corrected chi connectivity index (χ2v) is 8.75. The van der Waals surface area contributed by atoms with Gasteiger partial charge in [0.15, 0.2) is 16.6 Å². The number of thiazole rings is 1. The number of Topliss-reactive ketones (excluding diaryl/α,β-unsaturated/α-hetero) is 1. The quantitative estimate of drug-likeness (QED) is 0.185. The Morgan fingerprint density at radius 2 is 1.97 bits per heavy atom. The lowest BCUT2D eigenvalue weighted by molar-refractivity contribution is -0.132. The van der Waals surface area contributed by atoms with Crippen LogP contribution in [0.5, 0.6) is 17.2 Å². The number of phenols is 1. The molecule has 3 aromatic rings. The molecule has 0 bridgehead atoms. The molecule has 0 aliphatic carbocycles. The zero-order valence-corrected chi connectivity index (χ0v) is 20.2. The molecule has 2 N–H and O–H groups in total. The number of rotatable bonds is 9. The lowest BCUT2D eigenvalue weighted by atomic mass is 9.95. The maximum Gasteiger partial charge on any atom is 0.301 e. The van der Waals surface area contributed by atoms with Crippen molar-refractivity contribution in [3.63, 3.8) is 0 Å². The van der Waals surface area contributed by atoms with Crippen molar-refractivity contribution in [2.75, 3.05) is 18.1 Å². The Balaban J connectivity index is 1.85. The summed E-state index contributed by atoms with van der Waals surface area (Å²) in [7, 11) is 0. The molecule has 1 atom stereocenters. The third-order valence-electron chi connectivity index (χ3n) is 5.54. The number of benzene rings is 2. The minimum atomic E-state index is -0.967. The molecule has 182 valence electrons. The van der Waals surface area contributed by atoms with Crippen molar-refractivity contribution < 1.29 is 29.3 Å². The highest BCUT2D eigenvalue weighted by Gasteiger charge is 2.48. The van der Waals surface area contributed by atoms with Gasteiger partial charge in [0.25, 0.3) is 5.78 Å². The van der Waals surface area contributed by atoms with Crippen molar-refractivity contribution in [3.05, 3.63) is 70.7 Å². The van der Waals surface area contributed by atoms with Crippen LogP contribution >= 0.6 is 11.3 Å². The summed E-state index contributed by atoms with van der Waals surface area (Å²) in [6.45, 7) is 4.69. The first-order chi connectivity index (χ1) is 17.0. The number of carbonyl (C=O) groups is 2. The van der Waals surface area contributed by atoms with Crippen LogP contribution in [0.3, 0.4) is 0 Å². The number of ether oxygens (including phenoxy) is 2. The number of ketones is 1. The first-order valence-corrected chi connectivity index (χ1v) is 12.2. The van der Waals surface area contributed by atoms with Crippen LogP contribution in [0.2, 0.25) is 0 Å². The number of anilines is 1. The van der Waals surface area contributed by atoms with E-state index in [0.717, 1.165) is 12.8 Å². The fraction of sp³-hybridized carbons (Fsp3) is 0.269. The number of unbranched alkanes of at least 4 members (excludes halogenated alkanes) is 1. The number of nitrogens with zero attached hydrogens (tertiary/aromatic N) is 2. The molecule has 35 heavy (non-hydrogen) atoms. The van der Waals surface area contributed by atoms with Crippen molar-refractivity contribution in [2.24, 2.45) is 0 Å². The highest BCUT2D eigenvalue weighted by Crippen LogP contribution is 2.44. The van der Waals surface area contributed by atoms with E-state index in [4.69, 9.17) is 9.47 Å². The van der Waals surface area contributed by atoms with Gasteiger partial charge >= 0.3 is 5.91 Å². The van der Waals surface area contributed by atoms with Gasteiger partial charge in [0.1, 0.15) is 11.5 Å². The SMILES string of the molecule is CCCCOc1cccc(C(O)=C2C(=O)C(=O)N(c3nccs3)C2c2ccc(O)c(OCC)c2)c1. The first kappa shape index (κ1) is 24.3. The molecule has 1 aliphatic heterocycles. The van der Waals surface area contributed by atoms with Gasteiger partial charge in [-0.05, 0) is 43.2 Å². The average Bonchev–Trinajstić information content (AvgIpc) is 3.47. The summed E-state index contributed by atoms with van der Waals surface area (Å²) in [5, 5.41) is 23.5. The van der Waals surface area contributed by atoms with Gasteiger partial charge in [-0.3, -0.25) is 14.5 Å². The molecule has 8 nitrogen and oxygen atoms in total. The fourth-order valence-corrected chi connectivity index (χ4v) is 4.54. The van der Waals surface area contributed by atoms with Gasteiger partial charge in [-0.1, -0.05) is 31.5 Å². The molecule has 1 amide bonds. The van der Waals surface area contributed by atoms with E-state index in [0.29, 0.717) is 35.2 Å². The molecular weight excluding hydrogens is 468 g/mol. The maximum absolute atomic E-state index is 13.2. The molecule has 0 spiro atoms. The molecule has 4 rings (SSSR count). The zero-order valence-electron chi connectivity index (χ0n) is 19.4. The lowest BCUT2D eigenvalue weighted by Gasteiger charge is -2.23. The number of amides is 1. The molecule has 1 fully saturated rings. The van der Waals surface area contributed by atoms with E-state index < -0.39 is 17.7 Å². The van der Waals surface area contributed by atoms with E-state index in [-0.39, 0.29) is 22.8 Å². The molecule has 1 aliphatic rings. The van der Waals surface area contributed by atoms with Crippen LogP contribution in [0.15, 0.2) is 59.6 Å². The van der Waals surface area contributed by atoms with E-state index in [1.165, 1.54) is 28.5 Å². The van der Waals surface area contributed by atoms with Crippen LogP contribution in [0.1, 0.15) is 43.9 Å². The second-order valence-electron chi connectivity index (χ2n) is 7.87. The molecule has 1 aromatic heterocycles. The first-order valence-electron chi connectivity index (χ1n) is 11.4. The highest BCUT2D eigenvalue weighted by molar-refractivity contribution is 7.14. The van der Waals surface area contributed by atoms with E-state index in [1.54, 1.807) is 48.7 Å². The van der Waals surface area contributed by atoms with Gasteiger partial charge in [-0.15, -0.1) is 11.3 Å². The number of aliphatic hydroxyl groups is 1. The lowest BCUT2D eigenvalue weighted by Crippen LogP contribution is -2.29. The largest absolute Gasteiger partial charge is 0.507 e. The average molecular weight is 495 g/mol. The summed E-state index contributed by atoms with van der Waals surface area (Å²) in [4.78, 5) is 31.9. The topological polar surface area (TPSA) is 109 Å². The van der Waals surface area contributed by atoms with Gasteiger partial charge in [-0.2, -0.15) is 0 Å². The third-order valence-corrected chi connectivity index (χ3v) is 6.31. The van der Waals surface area contributed by atoms with E-state index >= 15 is 0 Å². The van der Waals surface area contributed by atoms with Gasteiger partial charge in [0.2, 0.25) is 0 Å². The predicted octanol–water partition coefficient (Wildman–Crippen LogP) is 5.05. The maximum atomic E-state index is 13.2. The van der Waals surface area contributed by atoms with E-state index in [2.05, 4.69) is 11.9 Å². The minimum absolute atomic E-state index is 0.0706. The summed E-state index contributed by atoms with van der Waals surface area (Å²) in [6.07, 6.45) is 3.41. The van der Waals surface area contributed by atoms with Crippen LogP contribution < -0.4 is 14.4 Å². The Morgan fingerprint density at radius 1 is 1.14 bits per heavy atom. The fourth-order valence-electron chi connectivity index (χ4n) is 3.88. The Hall–Kier alpha value is -3.85. The van der Waals surface area contributed by atoms with Crippen molar-refractivity contribution in [1.82, 2.24) is 4.98 Å². The number of hydrogen-bond acceptors (Lipinski definition) is 8. The van der Waals surface area contributed by atoms with Crippen LogP contribution in [0.25, 0.3) is 5.76 Å². The number of aromatic nitrogens is 1. The Kier molecular flexibility index (Phi) is 7.36. The van der Waals surface area contributed by atoms with Crippen LogP contribution in [-0.2, 0) is 9.59 Å². The number of carbonyl (C=O) groups excluding carboxylic acids is 2. The van der Waals surface area contributed by atoms with E-state index in [1.807, 2.05) is 0 Å². The molecule has 1 saturated heterocycles. The standard InChI is InChI=1S/C26H26N2O6S/c1-3-5-12-34-18-8-6-7-17(14-18)23(30)21-22(16-9-10-19(29)20(15-16)33-4-2)28(25(32)24(21)31)26-27-11-13-35-26/h6-11,13-15,22,29-30H,3-5,12H2,1-2H3. The van der Waals surface area contributed by atoms with Crippen molar-refractivity contribution in [2.45, 2.75) is 32.7 Å². The Morgan fingerprint density at radius 3 is 2.69 bits per heavy atom. The normalized spacial score (nSPS) is 17.1. The number of hydrogen-bond donors (Lipinski definition) is 2. The molecule has 9 heteroatoms. The Labute approximate surface area is 207 Å². The second kappa shape index (κ2) is 10.6. The van der Waals surface area contributed by atoms with E-state index in [9.17, 15) is 19.8 Å². The molecule has 0 saturated carbocycles. The van der Waals surface area contributed by atoms with Crippen molar-refractivity contribution in [1.29, 1.82) is 0 Å². The minimum Gasteiger partial charge on any atom is -0.507 e. The third kappa shape index (κ3) is 4.85. The van der Waals surface area contributed by atoms with Crippen LogP contribution in [0.4, 0.5) is 5.13 Å². The smallest absolute Gasteiger partial charge is 0.301 e. The molecule has 1 unspecified atom stereocenters. The highest BCUT2D eigenvalue weighted by atomic mass is 32.1. The summed E-state index contributed by atoms with van der Waals surface area (Å²) < 4.78 is 11.3. The zero-order chi connectivity index (χ0) is 24.9. The van der Waals surface area contributed by atoms with Crippen LogP contribution in [-0.4, -0.2) is 40.1 Å². The molecule has 2 heterocycles. The Bertz CT molecular complexity index is 1250. The number of aromatic hydroxyl groups is 1. The summed E-state index contributed by atoms with van der Waals surface area (Å²) >= 11 is 1.20. The molecule has 2 aromatic carbocycles. The monoisotopic (exact) mass is 494 g/mol. The van der Waals surface area contributed by atoms with Gasteiger partial charge in [0.05, 0.1) is 24.8 Å². The van der Waals surface area contributed by atoms with Crippen LogP contribution in [0, 0.1) is 0 Å². The summed E-state index contributed by atoms with van der Waals surface area (Å²) in [6, 6.07) is 10.4. The molecular formula is C26H26N2O6S.